The predicted molar refractivity (Wildman–Crippen MR) is 149 cm³/mol. The summed E-state index contributed by atoms with van der Waals surface area (Å²) in [5.74, 6) is 0.719. The van der Waals surface area contributed by atoms with Crippen molar-refractivity contribution in [3.8, 4) is 17.1 Å². The maximum Gasteiger partial charge on any atom is 0.138 e. The molecule has 3 heterocycles. The fourth-order valence-corrected chi connectivity index (χ4v) is 3.83. The van der Waals surface area contributed by atoms with E-state index in [0.717, 1.165) is 39.5 Å². The monoisotopic (exact) mass is 500 g/mol. The lowest BCUT2D eigenvalue weighted by Gasteiger charge is -2.14. The Labute approximate surface area is 222 Å². The van der Waals surface area contributed by atoms with Gasteiger partial charge in [-0.25, -0.2) is 0 Å². The normalized spacial score (nSPS) is 11.9. The number of pyridine rings is 3. The van der Waals surface area contributed by atoms with E-state index in [-0.39, 0.29) is 6.04 Å². The van der Waals surface area contributed by atoms with Gasteiger partial charge in [0.25, 0.3) is 0 Å². The fourth-order valence-electron chi connectivity index (χ4n) is 3.83. The van der Waals surface area contributed by atoms with Crippen LogP contribution in [0.25, 0.3) is 11.4 Å². The van der Waals surface area contributed by atoms with Crippen LogP contribution in [-0.2, 0) is 18.0 Å². The second kappa shape index (κ2) is 13.0. The molecule has 38 heavy (non-hydrogen) atoms. The van der Waals surface area contributed by atoms with Crippen LogP contribution in [-0.4, -0.2) is 27.8 Å². The van der Waals surface area contributed by atoms with Gasteiger partial charge in [-0.3, -0.25) is 19.9 Å². The van der Waals surface area contributed by atoms with E-state index in [2.05, 4.69) is 27.1 Å². The summed E-state index contributed by atoms with van der Waals surface area (Å²) in [4.78, 5) is 18.2. The first-order valence-electron chi connectivity index (χ1n) is 12.5. The van der Waals surface area contributed by atoms with Gasteiger partial charge >= 0.3 is 0 Å². The minimum atomic E-state index is -0.159. The Kier molecular flexibility index (Phi) is 8.57. The van der Waals surface area contributed by atoms with Crippen LogP contribution in [0.3, 0.4) is 0 Å². The second-order valence-electron chi connectivity index (χ2n) is 8.68. The van der Waals surface area contributed by atoms with Gasteiger partial charge in [-0.1, -0.05) is 72.8 Å². The minimum absolute atomic E-state index is 0.159. The number of aromatic nitrogens is 3. The topological polar surface area (TPSA) is 69.5 Å². The van der Waals surface area contributed by atoms with Gasteiger partial charge < -0.3 is 9.47 Å². The maximum atomic E-state index is 6.05. The van der Waals surface area contributed by atoms with Gasteiger partial charge in [0.1, 0.15) is 12.4 Å². The molecule has 0 bridgehead atoms. The highest BCUT2D eigenvalue weighted by Gasteiger charge is 2.10. The summed E-state index contributed by atoms with van der Waals surface area (Å²) in [5.41, 5.74) is 5.63. The largest absolute Gasteiger partial charge is 0.487 e. The zero-order valence-corrected chi connectivity index (χ0v) is 20.9. The van der Waals surface area contributed by atoms with E-state index in [1.54, 1.807) is 18.6 Å². The molecule has 5 rings (SSSR count). The summed E-state index contributed by atoms with van der Waals surface area (Å²) in [5, 5.41) is 0. The molecule has 6 nitrogen and oxygen atoms in total. The number of nitrogens with zero attached hydrogens (tertiary/aromatic N) is 4. The van der Waals surface area contributed by atoms with Gasteiger partial charge in [0.2, 0.25) is 0 Å². The van der Waals surface area contributed by atoms with Crippen LogP contribution in [0.15, 0.2) is 127 Å². The van der Waals surface area contributed by atoms with Gasteiger partial charge in [-0.2, -0.15) is 0 Å². The Bertz CT molecular complexity index is 1410. The highest BCUT2D eigenvalue weighted by molar-refractivity contribution is 5.77. The first-order valence-corrected chi connectivity index (χ1v) is 12.5. The molecule has 0 aliphatic rings. The average molecular weight is 501 g/mol. The minimum Gasteiger partial charge on any atom is -0.487 e. The Morgan fingerprint density at radius 2 is 1.45 bits per heavy atom. The first kappa shape index (κ1) is 25.0. The third kappa shape index (κ3) is 7.18. The van der Waals surface area contributed by atoms with Crippen molar-refractivity contribution in [1.29, 1.82) is 0 Å². The van der Waals surface area contributed by atoms with Crippen LogP contribution in [0.1, 0.15) is 28.4 Å². The summed E-state index contributed by atoms with van der Waals surface area (Å²) in [6.45, 7) is 1.38. The third-order valence-corrected chi connectivity index (χ3v) is 5.88. The maximum absolute atomic E-state index is 6.05. The second-order valence-corrected chi connectivity index (χ2v) is 8.68. The molecule has 0 fully saturated rings. The number of hydrogen-bond donors (Lipinski definition) is 0. The van der Waals surface area contributed by atoms with E-state index in [1.807, 2.05) is 97.2 Å². The first-order chi connectivity index (χ1) is 18.8. The average Bonchev–Trinajstić information content (AvgIpc) is 3.00. The van der Waals surface area contributed by atoms with E-state index in [4.69, 9.17) is 14.5 Å². The number of hydrogen-bond acceptors (Lipinski definition) is 6. The zero-order valence-electron chi connectivity index (χ0n) is 20.9. The molecule has 3 aromatic heterocycles. The lowest BCUT2D eigenvalue weighted by Crippen LogP contribution is -2.07. The van der Waals surface area contributed by atoms with E-state index < -0.39 is 0 Å². The van der Waals surface area contributed by atoms with Crippen LogP contribution < -0.4 is 4.74 Å². The fraction of sp³-hybridized carbons (Fsp3) is 0.125. The molecule has 0 aliphatic heterocycles. The van der Waals surface area contributed by atoms with Gasteiger partial charge in [0.05, 0.1) is 42.5 Å². The standard InChI is InChI=1S/C32H28N4O2/c1-3-9-25(10-4-1)23-38-29-16-15-28(34-21-29)20-36-32(27-11-5-2-6-12-27)24-37-22-26-14-17-31(35-19-26)30-13-7-8-18-33-30/h1-21,32H,22-24H2/t32-/m0/s1. The SMILES string of the molecule is C(=N[C@@H](COCc1ccc(-c2ccccn2)nc1)c1ccccc1)c1ccc(OCc2ccccc2)cn1. The molecule has 1 atom stereocenters. The Morgan fingerprint density at radius 1 is 0.658 bits per heavy atom. The molecule has 0 saturated carbocycles. The van der Waals surface area contributed by atoms with E-state index in [9.17, 15) is 0 Å². The molecule has 0 radical (unpaired) electrons. The van der Waals surface area contributed by atoms with Crippen LogP contribution in [0.2, 0.25) is 0 Å². The third-order valence-electron chi connectivity index (χ3n) is 5.88. The summed E-state index contributed by atoms with van der Waals surface area (Å²) in [6.07, 6.45) is 7.10. The number of rotatable bonds is 11. The van der Waals surface area contributed by atoms with Gasteiger partial charge in [0.15, 0.2) is 0 Å². The summed E-state index contributed by atoms with van der Waals surface area (Å²) in [7, 11) is 0. The molecule has 0 N–H and O–H groups in total. The molecule has 6 heteroatoms. The Balaban J connectivity index is 1.18. The lowest BCUT2D eigenvalue weighted by atomic mass is 10.1. The Hall–Kier alpha value is -4.68. The molecule has 5 aromatic rings. The number of benzene rings is 2. The van der Waals surface area contributed by atoms with Crippen molar-refractivity contribution in [2.24, 2.45) is 4.99 Å². The van der Waals surface area contributed by atoms with E-state index in [0.29, 0.717) is 19.8 Å². The van der Waals surface area contributed by atoms with Crippen molar-refractivity contribution < 1.29 is 9.47 Å². The van der Waals surface area contributed by atoms with Gasteiger partial charge in [-0.15, -0.1) is 0 Å². The molecular weight excluding hydrogens is 472 g/mol. The molecule has 0 amide bonds. The number of ether oxygens (including phenoxy) is 2. The van der Waals surface area contributed by atoms with Crippen LogP contribution in [0, 0.1) is 0 Å². The van der Waals surface area contributed by atoms with Crippen LogP contribution in [0.5, 0.6) is 5.75 Å². The molecule has 0 saturated heterocycles. The van der Waals surface area contributed by atoms with Crippen molar-refractivity contribution in [1.82, 2.24) is 15.0 Å². The van der Waals surface area contributed by atoms with E-state index in [1.165, 1.54) is 0 Å². The number of aliphatic imine (C=N–C) groups is 1. The van der Waals surface area contributed by atoms with E-state index >= 15 is 0 Å². The van der Waals surface area contributed by atoms with Crippen molar-refractivity contribution in [3.05, 3.63) is 144 Å². The van der Waals surface area contributed by atoms with Crippen LogP contribution in [0.4, 0.5) is 0 Å². The quantitative estimate of drug-likeness (QED) is 0.194. The molecule has 0 spiro atoms. The van der Waals surface area contributed by atoms with Crippen molar-refractivity contribution >= 4 is 6.21 Å². The smallest absolute Gasteiger partial charge is 0.138 e. The van der Waals surface area contributed by atoms with Crippen LogP contribution >= 0.6 is 0 Å². The highest BCUT2D eigenvalue weighted by Crippen LogP contribution is 2.20. The van der Waals surface area contributed by atoms with Gasteiger partial charge in [-0.05, 0) is 47.0 Å². The molecule has 188 valence electrons. The van der Waals surface area contributed by atoms with Crippen molar-refractivity contribution in [2.45, 2.75) is 19.3 Å². The van der Waals surface area contributed by atoms with Crippen molar-refractivity contribution in [3.63, 3.8) is 0 Å². The lowest BCUT2D eigenvalue weighted by molar-refractivity contribution is 0.108. The molecule has 2 aromatic carbocycles. The predicted octanol–water partition coefficient (Wildman–Crippen LogP) is 6.49. The summed E-state index contributed by atoms with van der Waals surface area (Å²) in [6, 6.07) is 33.6. The highest BCUT2D eigenvalue weighted by atomic mass is 16.5. The van der Waals surface area contributed by atoms with Crippen molar-refractivity contribution in [2.75, 3.05) is 6.61 Å². The zero-order chi connectivity index (χ0) is 25.8. The molecule has 0 unspecified atom stereocenters. The van der Waals surface area contributed by atoms with Gasteiger partial charge in [0, 0.05) is 18.6 Å². The summed E-state index contributed by atoms with van der Waals surface area (Å²) >= 11 is 0. The Morgan fingerprint density at radius 3 is 2.16 bits per heavy atom. The molecular formula is C32H28N4O2. The summed E-state index contributed by atoms with van der Waals surface area (Å²) < 4.78 is 11.9. The molecule has 0 aliphatic carbocycles.